The van der Waals surface area contributed by atoms with Crippen molar-refractivity contribution in [3.63, 3.8) is 0 Å². The smallest absolute Gasteiger partial charge is 0.156 e. The van der Waals surface area contributed by atoms with Gasteiger partial charge in [-0.05, 0) is 35.9 Å². The lowest BCUT2D eigenvalue weighted by atomic mass is 9.99. The second-order valence-electron chi connectivity index (χ2n) is 6.75. The Hall–Kier alpha value is -2.02. The molecule has 1 aliphatic heterocycles. The van der Waals surface area contributed by atoms with Crippen LogP contribution in [0.2, 0.25) is 0 Å². The fraction of sp³-hybridized carbons (Fsp3) is 0.400. The fourth-order valence-electron chi connectivity index (χ4n) is 3.63. The molecule has 1 N–H and O–H groups in total. The Bertz CT molecular complexity index is 859. The van der Waals surface area contributed by atoms with Crippen LogP contribution in [0.4, 0.5) is 0 Å². The van der Waals surface area contributed by atoms with Crippen molar-refractivity contribution in [1.29, 1.82) is 0 Å². The predicted molar refractivity (Wildman–Crippen MR) is 103 cm³/mol. The third-order valence-corrected chi connectivity index (χ3v) is 5.93. The van der Waals surface area contributed by atoms with Crippen LogP contribution in [0, 0.1) is 0 Å². The molecule has 6 heteroatoms. The van der Waals surface area contributed by atoms with Crippen molar-refractivity contribution >= 4 is 11.3 Å². The average Bonchev–Trinajstić information content (AvgIpc) is 3.31. The largest absolute Gasteiger partial charge is 0.394 e. The first-order valence-electron chi connectivity index (χ1n) is 9.12. The molecule has 0 radical (unpaired) electrons. The van der Waals surface area contributed by atoms with Gasteiger partial charge in [-0.25, -0.2) is 9.67 Å². The molecule has 1 aliphatic rings. The molecule has 2 aromatic heterocycles. The summed E-state index contributed by atoms with van der Waals surface area (Å²) in [6.45, 7) is 4.71. The Morgan fingerprint density at radius 2 is 2.04 bits per heavy atom. The molecular formula is C20H24N4OS. The highest BCUT2D eigenvalue weighted by molar-refractivity contribution is 7.09. The van der Waals surface area contributed by atoms with Crippen LogP contribution in [-0.4, -0.2) is 37.9 Å². The van der Waals surface area contributed by atoms with E-state index < -0.39 is 0 Å². The summed E-state index contributed by atoms with van der Waals surface area (Å²) in [7, 11) is 0. The zero-order valence-corrected chi connectivity index (χ0v) is 15.8. The van der Waals surface area contributed by atoms with Crippen LogP contribution in [0.3, 0.4) is 0 Å². The lowest BCUT2D eigenvalue weighted by Gasteiger charge is -2.33. The third-order valence-electron chi connectivity index (χ3n) is 5.05. The normalized spacial score (nSPS) is 15.8. The van der Waals surface area contributed by atoms with E-state index >= 15 is 0 Å². The highest BCUT2D eigenvalue weighted by Gasteiger charge is 2.25. The summed E-state index contributed by atoms with van der Waals surface area (Å²) in [6.07, 6.45) is 1.81. The molecule has 1 aromatic carbocycles. The third kappa shape index (κ3) is 3.58. The van der Waals surface area contributed by atoms with Crippen LogP contribution in [0.1, 0.15) is 40.6 Å². The first-order valence-corrected chi connectivity index (χ1v) is 10.00. The highest BCUT2D eigenvalue weighted by atomic mass is 32.1. The van der Waals surface area contributed by atoms with Gasteiger partial charge in [0.1, 0.15) is 5.82 Å². The Kier molecular flexibility index (Phi) is 5.15. The van der Waals surface area contributed by atoms with Gasteiger partial charge in [-0.15, -0.1) is 11.3 Å². The lowest BCUT2D eigenvalue weighted by Crippen LogP contribution is -2.34. The second-order valence-corrected chi connectivity index (χ2v) is 7.79. The van der Waals surface area contributed by atoms with Gasteiger partial charge in [0.05, 0.1) is 19.2 Å². The summed E-state index contributed by atoms with van der Waals surface area (Å²) in [5.74, 6) is 1.78. The lowest BCUT2D eigenvalue weighted by molar-refractivity contribution is 0.176. The van der Waals surface area contributed by atoms with Crippen LogP contribution in [0.5, 0.6) is 0 Å². The number of rotatable bonds is 6. The topological polar surface area (TPSA) is 54.2 Å². The van der Waals surface area contributed by atoms with E-state index in [0.717, 1.165) is 37.6 Å². The van der Waals surface area contributed by atoms with Crippen molar-refractivity contribution in [3.05, 3.63) is 69.4 Å². The van der Waals surface area contributed by atoms with Crippen LogP contribution >= 0.6 is 11.3 Å². The van der Waals surface area contributed by atoms with Gasteiger partial charge in [0.15, 0.2) is 5.82 Å². The molecule has 3 aromatic rings. The van der Waals surface area contributed by atoms with Crippen LogP contribution in [-0.2, 0) is 25.9 Å². The van der Waals surface area contributed by atoms with Gasteiger partial charge in [-0.1, -0.05) is 30.3 Å². The Labute approximate surface area is 157 Å². The minimum atomic E-state index is 0.0738. The number of hydrogen-bond donors (Lipinski definition) is 1. The number of thiophene rings is 1. The highest BCUT2D eigenvalue weighted by Crippen LogP contribution is 2.27. The summed E-state index contributed by atoms with van der Waals surface area (Å²) in [4.78, 5) is 8.56. The molecule has 0 unspecified atom stereocenters. The zero-order valence-electron chi connectivity index (χ0n) is 15.0. The first kappa shape index (κ1) is 17.4. The standard InChI is InChI=1S/C20H24N4OS/c1-15(23-9-8-16-5-2-3-6-17(16)14-23)20-21-19(22-24(20)10-11-25)13-18-7-4-12-26-18/h2-7,12,15,25H,8-11,13-14H2,1H3/t15-/m1/s1. The molecule has 3 heterocycles. The quantitative estimate of drug-likeness (QED) is 0.727. The van der Waals surface area contributed by atoms with Crippen LogP contribution in [0.15, 0.2) is 41.8 Å². The average molecular weight is 369 g/mol. The van der Waals surface area contributed by atoms with Gasteiger partial charge in [0.25, 0.3) is 0 Å². The van der Waals surface area contributed by atoms with Crippen molar-refractivity contribution in [2.75, 3.05) is 13.2 Å². The summed E-state index contributed by atoms with van der Waals surface area (Å²) in [5, 5.41) is 16.2. The van der Waals surface area contributed by atoms with E-state index in [1.807, 2.05) is 4.68 Å². The maximum Gasteiger partial charge on any atom is 0.156 e. The first-order chi connectivity index (χ1) is 12.7. The Morgan fingerprint density at radius 3 is 2.81 bits per heavy atom. The van der Waals surface area contributed by atoms with Crippen LogP contribution in [0.25, 0.3) is 0 Å². The summed E-state index contributed by atoms with van der Waals surface area (Å²) < 4.78 is 1.88. The number of benzene rings is 1. The van der Waals surface area contributed by atoms with Crippen molar-refractivity contribution < 1.29 is 5.11 Å². The van der Waals surface area contributed by atoms with Gasteiger partial charge >= 0.3 is 0 Å². The van der Waals surface area contributed by atoms with E-state index in [-0.39, 0.29) is 12.6 Å². The molecule has 26 heavy (non-hydrogen) atoms. The number of fused-ring (bicyclic) bond motifs is 1. The molecular weight excluding hydrogens is 344 g/mol. The van der Waals surface area contributed by atoms with E-state index in [1.165, 1.54) is 16.0 Å². The molecule has 0 saturated carbocycles. The minimum Gasteiger partial charge on any atom is -0.394 e. The second kappa shape index (κ2) is 7.70. The maximum absolute atomic E-state index is 9.43. The number of aliphatic hydroxyl groups excluding tert-OH is 1. The maximum atomic E-state index is 9.43. The van der Waals surface area contributed by atoms with Crippen LogP contribution < -0.4 is 0 Å². The zero-order chi connectivity index (χ0) is 17.9. The number of hydrogen-bond acceptors (Lipinski definition) is 5. The van der Waals surface area contributed by atoms with Crippen molar-refractivity contribution in [2.45, 2.75) is 38.9 Å². The van der Waals surface area contributed by atoms with E-state index in [2.05, 4.69) is 58.7 Å². The van der Waals surface area contributed by atoms with Crippen molar-refractivity contribution in [2.24, 2.45) is 0 Å². The van der Waals surface area contributed by atoms with Gasteiger partial charge in [0.2, 0.25) is 0 Å². The SMILES string of the molecule is C[C@H](c1nc(Cc2cccs2)nn1CCO)N1CCc2ccccc2C1. The van der Waals surface area contributed by atoms with Crippen molar-refractivity contribution in [3.8, 4) is 0 Å². The fourth-order valence-corrected chi connectivity index (χ4v) is 4.33. The summed E-state index contributed by atoms with van der Waals surface area (Å²) in [6, 6.07) is 13.0. The van der Waals surface area contributed by atoms with E-state index in [4.69, 9.17) is 4.98 Å². The molecule has 136 valence electrons. The number of aromatic nitrogens is 3. The molecule has 0 bridgehead atoms. The molecule has 0 amide bonds. The van der Waals surface area contributed by atoms with Gasteiger partial charge < -0.3 is 5.11 Å². The van der Waals surface area contributed by atoms with Gasteiger partial charge in [-0.3, -0.25) is 4.90 Å². The number of nitrogens with zero attached hydrogens (tertiary/aromatic N) is 4. The minimum absolute atomic E-state index is 0.0738. The summed E-state index contributed by atoms with van der Waals surface area (Å²) >= 11 is 1.73. The molecule has 1 atom stereocenters. The van der Waals surface area contributed by atoms with Gasteiger partial charge in [0, 0.05) is 24.4 Å². The molecule has 0 fully saturated rings. The van der Waals surface area contributed by atoms with E-state index in [0.29, 0.717) is 6.54 Å². The molecule has 0 aliphatic carbocycles. The Balaban J connectivity index is 1.56. The molecule has 0 saturated heterocycles. The summed E-state index contributed by atoms with van der Waals surface area (Å²) in [5.41, 5.74) is 2.85. The van der Waals surface area contributed by atoms with Gasteiger partial charge in [-0.2, -0.15) is 5.10 Å². The molecule has 0 spiro atoms. The van der Waals surface area contributed by atoms with Crippen molar-refractivity contribution in [1.82, 2.24) is 19.7 Å². The number of aliphatic hydroxyl groups is 1. The monoisotopic (exact) mass is 368 g/mol. The predicted octanol–water partition coefficient (Wildman–Crippen LogP) is 3.04. The molecule has 4 rings (SSSR count). The van der Waals surface area contributed by atoms with E-state index in [1.54, 1.807) is 11.3 Å². The van der Waals surface area contributed by atoms with E-state index in [9.17, 15) is 5.11 Å². The molecule has 5 nitrogen and oxygen atoms in total. The Morgan fingerprint density at radius 1 is 1.19 bits per heavy atom.